The van der Waals surface area contributed by atoms with Gasteiger partial charge in [0.2, 0.25) is 10.0 Å². The molecule has 31 heavy (non-hydrogen) atoms. The Morgan fingerprint density at radius 2 is 1.94 bits per heavy atom. The zero-order chi connectivity index (χ0) is 21.2. The van der Waals surface area contributed by atoms with Crippen LogP contribution in [0.3, 0.4) is 0 Å². The molecule has 0 aliphatic carbocycles. The van der Waals surface area contributed by atoms with Crippen LogP contribution < -0.4 is 15.4 Å². The summed E-state index contributed by atoms with van der Waals surface area (Å²) < 4.78 is 38.2. The molecule has 0 spiro atoms. The summed E-state index contributed by atoms with van der Waals surface area (Å²) in [5, 5.41) is 6.58. The van der Waals surface area contributed by atoms with Gasteiger partial charge in [-0.3, -0.25) is 4.99 Å². The molecule has 0 radical (unpaired) electrons. The molecule has 9 nitrogen and oxygen atoms in total. The van der Waals surface area contributed by atoms with Gasteiger partial charge in [-0.1, -0.05) is 0 Å². The smallest absolute Gasteiger partial charge is 0.213 e. The minimum Gasteiger partial charge on any atom is -0.381 e. The number of halogens is 1. The molecule has 0 bridgehead atoms. The van der Waals surface area contributed by atoms with E-state index >= 15 is 0 Å². The first-order valence-electron chi connectivity index (χ1n) is 11.4. The second kappa shape index (κ2) is 14.1. The highest BCUT2D eigenvalue weighted by Gasteiger charge is 2.24. The van der Waals surface area contributed by atoms with E-state index in [2.05, 4.69) is 25.2 Å². The van der Waals surface area contributed by atoms with E-state index in [1.54, 1.807) is 7.05 Å². The number of hydrogen-bond acceptors (Lipinski definition) is 6. The molecule has 0 aromatic carbocycles. The first kappa shape index (κ1) is 27.0. The Labute approximate surface area is 204 Å². The summed E-state index contributed by atoms with van der Waals surface area (Å²) in [6.07, 6.45) is 6.40. The van der Waals surface area contributed by atoms with Crippen LogP contribution in [-0.4, -0.2) is 96.8 Å². The molecule has 11 heteroatoms. The number of hydrogen-bond donors (Lipinski definition) is 3. The Kier molecular flexibility index (Phi) is 12.3. The SMILES string of the molecule is CN=C(NCCS(=O)(=O)NCC1CCCCO1)NC1CCN(CC2CCOC2)CC1.I. The van der Waals surface area contributed by atoms with Crippen LogP contribution in [0.1, 0.15) is 38.5 Å². The Balaban J connectivity index is 0.00000341. The fourth-order valence-corrected chi connectivity index (χ4v) is 5.26. The van der Waals surface area contributed by atoms with E-state index in [-0.39, 0.29) is 35.8 Å². The normalized spacial score (nSPS) is 26.4. The average molecular weight is 574 g/mol. The van der Waals surface area contributed by atoms with Gasteiger partial charge in [-0.15, -0.1) is 24.0 Å². The van der Waals surface area contributed by atoms with Crippen LogP contribution in [0.2, 0.25) is 0 Å². The van der Waals surface area contributed by atoms with Gasteiger partial charge in [0, 0.05) is 59.0 Å². The van der Waals surface area contributed by atoms with Crippen LogP contribution in [0.15, 0.2) is 4.99 Å². The lowest BCUT2D eigenvalue weighted by Crippen LogP contribution is -2.50. The van der Waals surface area contributed by atoms with E-state index in [1.165, 1.54) is 6.42 Å². The van der Waals surface area contributed by atoms with E-state index in [1.807, 2.05) is 0 Å². The molecule has 3 aliphatic rings. The molecule has 3 rings (SSSR count). The third kappa shape index (κ3) is 10.1. The van der Waals surface area contributed by atoms with Crippen molar-refractivity contribution < 1.29 is 17.9 Å². The summed E-state index contributed by atoms with van der Waals surface area (Å²) in [6.45, 7) is 6.51. The Morgan fingerprint density at radius 3 is 2.58 bits per heavy atom. The van der Waals surface area contributed by atoms with Gasteiger partial charge >= 0.3 is 0 Å². The van der Waals surface area contributed by atoms with Crippen molar-refractivity contribution in [2.45, 2.75) is 50.7 Å². The number of aliphatic imine (C=N–C) groups is 1. The number of nitrogens with one attached hydrogen (secondary N) is 3. The molecule has 0 aromatic heterocycles. The first-order valence-corrected chi connectivity index (χ1v) is 13.1. The van der Waals surface area contributed by atoms with E-state index < -0.39 is 10.0 Å². The van der Waals surface area contributed by atoms with Crippen molar-refractivity contribution in [3.63, 3.8) is 0 Å². The van der Waals surface area contributed by atoms with Gasteiger partial charge in [0.05, 0.1) is 18.5 Å². The predicted octanol–water partition coefficient (Wildman–Crippen LogP) is 0.759. The van der Waals surface area contributed by atoms with E-state index in [0.29, 0.717) is 31.0 Å². The van der Waals surface area contributed by atoms with Crippen LogP contribution in [-0.2, 0) is 19.5 Å². The van der Waals surface area contributed by atoms with Gasteiger partial charge in [-0.25, -0.2) is 13.1 Å². The molecule has 0 amide bonds. The molecular weight excluding hydrogens is 533 g/mol. The van der Waals surface area contributed by atoms with Gasteiger partial charge in [-0.2, -0.15) is 0 Å². The second-order valence-corrected chi connectivity index (χ2v) is 10.5. The lowest BCUT2D eigenvalue weighted by molar-refractivity contribution is 0.0200. The number of nitrogens with zero attached hydrogens (tertiary/aromatic N) is 2. The summed E-state index contributed by atoms with van der Waals surface area (Å²) in [4.78, 5) is 6.78. The largest absolute Gasteiger partial charge is 0.381 e. The molecule has 3 N–H and O–H groups in total. The Bertz CT molecular complexity index is 631. The minimum atomic E-state index is -3.33. The summed E-state index contributed by atoms with van der Waals surface area (Å²) in [6, 6.07) is 0.366. The van der Waals surface area contributed by atoms with Crippen LogP contribution in [0.25, 0.3) is 0 Å². The molecule has 182 valence electrons. The van der Waals surface area contributed by atoms with Crippen molar-refractivity contribution in [3.05, 3.63) is 0 Å². The molecule has 3 heterocycles. The van der Waals surface area contributed by atoms with Gasteiger partial charge in [0.1, 0.15) is 0 Å². The standard InChI is InChI=1S/C20H39N5O4S.HI/c1-21-20(22-8-13-30(26,27)23-14-19-4-2-3-11-29-19)24-18-5-9-25(10-6-18)15-17-7-12-28-16-17;/h17-19,23H,2-16H2,1H3,(H2,21,22,24);1H. The molecule has 2 atom stereocenters. The highest BCUT2D eigenvalue weighted by molar-refractivity contribution is 14.0. The Morgan fingerprint density at radius 1 is 1.13 bits per heavy atom. The average Bonchev–Trinajstić information content (AvgIpc) is 3.27. The summed E-state index contributed by atoms with van der Waals surface area (Å²) in [7, 11) is -1.61. The second-order valence-electron chi connectivity index (χ2n) is 8.60. The van der Waals surface area contributed by atoms with Crippen LogP contribution in [0, 0.1) is 5.92 Å². The van der Waals surface area contributed by atoms with Gasteiger partial charge < -0.3 is 25.0 Å². The third-order valence-electron chi connectivity index (χ3n) is 6.16. The van der Waals surface area contributed by atoms with E-state index in [9.17, 15) is 8.42 Å². The molecule has 2 unspecified atom stereocenters. The lowest BCUT2D eigenvalue weighted by Gasteiger charge is -2.34. The number of ether oxygens (including phenoxy) is 2. The number of piperidine rings is 1. The first-order chi connectivity index (χ1) is 14.5. The topological polar surface area (TPSA) is 104 Å². The maximum atomic E-state index is 12.2. The van der Waals surface area contributed by atoms with Crippen molar-refractivity contribution in [3.8, 4) is 0 Å². The fourth-order valence-electron chi connectivity index (χ4n) is 4.30. The third-order valence-corrected chi connectivity index (χ3v) is 7.51. The van der Waals surface area contributed by atoms with Crippen molar-refractivity contribution in [1.82, 2.24) is 20.3 Å². The van der Waals surface area contributed by atoms with E-state index in [4.69, 9.17) is 9.47 Å². The maximum Gasteiger partial charge on any atom is 0.213 e. The monoisotopic (exact) mass is 573 g/mol. The van der Waals surface area contributed by atoms with Crippen LogP contribution >= 0.6 is 24.0 Å². The van der Waals surface area contributed by atoms with Crippen molar-refractivity contribution in [1.29, 1.82) is 0 Å². The zero-order valence-corrected chi connectivity index (χ0v) is 21.8. The van der Waals surface area contributed by atoms with E-state index in [0.717, 1.165) is 71.6 Å². The maximum absolute atomic E-state index is 12.2. The molecular formula is C20H40IN5O4S. The quantitative estimate of drug-likeness (QED) is 0.213. The van der Waals surface area contributed by atoms with Crippen LogP contribution in [0.4, 0.5) is 0 Å². The Hall–Kier alpha value is -0.210. The summed E-state index contributed by atoms with van der Waals surface area (Å²) in [5.41, 5.74) is 0. The van der Waals surface area contributed by atoms with Gasteiger partial charge in [-0.05, 0) is 44.4 Å². The molecule has 3 saturated heterocycles. The zero-order valence-electron chi connectivity index (χ0n) is 18.7. The predicted molar refractivity (Wildman–Crippen MR) is 134 cm³/mol. The molecule has 3 aliphatic heterocycles. The number of guanidine groups is 1. The number of sulfonamides is 1. The van der Waals surface area contributed by atoms with Crippen molar-refractivity contribution >= 4 is 40.0 Å². The van der Waals surface area contributed by atoms with Crippen molar-refractivity contribution in [2.24, 2.45) is 10.9 Å². The molecule has 0 saturated carbocycles. The lowest BCUT2D eigenvalue weighted by atomic mass is 10.0. The summed E-state index contributed by atoms with van der Waals surface area (Å²) >= 11 is 0. The highest BCUT2D eigenvalue weighted by atomic mass is 127. The summed E-state index contributed by atoms with van der Waals surface area (Å²) in [5.74, 6) is 1.37. The highest BCUT2D eigenvalue weighted by Crippen LogP contribution is 2.17. The van der Waals surface area contributed by atoms with Gasteiger partial charge in [0.25, 0.3) is 0 Å². The fraction of sp³-hybridized carbons (Fsp3) is 0.950. The minimum absolute atomic E-state index is 0. The van der Waals surface area contributed by atoms with Gasteiger partial charge in [0.15, 0.2) is 5.96 Å². The molecule has 0 aromatic rings. The molecule has 3 fully saturated rings. The number of likely N-dealkylation sites (tertiary alicyclic amines) is 1. The number of rotatable bonds is 9. The van der Waals surface area contributed by atoms with Crippen molar-refractivity contribution in [2.75, 3.05) is 65.3 Å². The van der Waals surface area contributed by atoms with Crippen LogP contribution in [0.5, 0.6) is 0 Å².